The van der Waals surface area contributed by atoms with Crippen molar-refractivity contribution >= 4 is 76.2 Å². The maximum atomic E-state index is 5.73. The summed E-state index contributed by atoms with van der Waals surface area (Å²) in [6.45, 7) is 0. The number of fused-ring (bicyclic) bond motifs is 17. The van der Waals surface area contributed by atoms with Crippen LogP contribution in [0.25, 0.3) is 121 Å². The fraction of sp³-hybridized carbons (Fsp3) is 0. The van der Waals surface area contributed by atoms with Crippen LogP contribution >= 0.6 is 0 Å². The second-order valence-corrected chi connectivity index (χ2v) is 14.9. The number of para-hydroxylation sites is 4. The van der Waals surface area contributed by atoms with Gasteiger partial charge in [-0.3, -0.25) is 4.57 Å². The van der Waals surface area contributed by atoms with Crippen LogP contribution < -0.4 is 0 Å². The third kappa shape index (κ3) is 3.87. The zero-order valence-corrected chi connectivity index (χ0v) is 30.1. The normalized spacial score (nSPS) is 12.3. The van der Waals surface area contributed by atoms with E-state index in [1.165, 1.54) is 71.3 Å². The molecule has 0 atom stereocenters. The van der Waals surface area contributed by atoms with Crippen LogP contribution in [0, 0.1) is 0 Å². The molecule has 0 spiro atoms. The van der Waals surface area contributed by atoms with E-state index in [2.05, 4.69) is 191 Å². The molecule has 1 aliphatic heterocycles. The zero-order valence-electron chi connectivity index (χ0n) is 30.1. The topological polar surface area (TPSA) is 35.6 Å². The average molecular weight is 711 g/mol. The molecule has 0 aliphatic carbocycles. The Balaban J connectivity index is 1.21. The van der Waals surface area contributed by atoms with Gasteiger partial charge in [0, 0.05) is 49.0 Å². The maximum Gasteiger partial charge on any atom is 0.165 e. The second-order valence-electron chi connectivity index (χ2n) is 14.9. The predicted molar refractivity (Wildman–Crippen MR) is 233 cm³/mol. The molecular weight excluding hydrogens is 681 g/mol. The van der Waals surface area contributed by atoms with Gasteiger partial charge in [0.15, 0.2) is 5.82 Å². The third-order valence-electron chi connectivity index (χ3n) is 12.0. The van der Waals surface area contributed by atoms with E-state index in [9.17, 15) is 0 Å². The van der Waals surface area contributed by atoms with Crippen molar-refractivity contribution in [2.45, 2.75) is 0 Å². The van der Waals surface area contributed by atoms with Gasteiger partial charge in [0.2, 0.25) is 0 Å². The van der Waals surface area contributed by atoms with Crippen LogP contribution in [0.15, 0.2) is 182 Å². The van der Waals surface area contributed by atoms with Crippen LogP contribution in [-0.2, 0) is 0 Å². The summed E-state index contributed by atoms with van der Waals surface area (Å²) in [4.78, 5) is 11.4. The Bertz CT molecular complexity index is 3650. The van der Waals surface area contributed by atoms with Gasteiger partial charge in [-0.25, -0.2) is 9.97 Å². The van der Waals surface area contributed by atoms with Crippen molar-refractivity contribution in [2.24, 2.45) is 0 Å². The molecule has 4 heteroatoms. The molecular formula is C52H30N4. The standard InChI is InChI=1S/C52H30N4/c1-2-15-31(16-3-1)48-52(54-50-38-23-7-5-18-33(38)32-17-4-6-22-37(32)49(50)53-48)56-46-28-13-10-21-36(46)43-29-41-40-25-14-24-39-34-19-8-11-26-44(34)55(51(39)40)45-27-12-9-20-35(45)42(41)30-47(43)56/h1-30H. The Morgan fingerprint density at radius 2 is 0.857 bits per heavy atom. The number of nitrogens with zero attached hydrogens (tertiary/aromatic N) is 4. The summed E-state index contributed by atoms with van der Waals surface area (Å²) in [5.74, 6) is 0.816. The molecule has 1 aliphatic rings. The van der Waals surface area contributed by atoms with E-state index in [-0.39, 0.29) is 0 Å². The monoisotopic (exact) mass is 710 g/mol. The van der Waals surface area contributed by atoms with Crippen molar-refractivity contribution in [1.29, 1.82) is 0 Å². The Hall–Kier alpha value is -7.56. The first kappa shape index (κ1) is 29.8. The molecule has 258 valence electrons. The summed E-state index contributed by atoms with van der Waals surface area (Å²) in [6, 6.07) is 65.8. The zero-order chi connectivity index (χ0) is 36.5. The number of rotatable bonds is 2. The summed E-state index contributed by atoms with van der Waals surface area (Å²) >= 11 is 0. The first-order valence-electron chi connectivity index (χ1n) is 19.2. The fourth-order valence-corrected chi connectivity index (χ4v) is 9.67. The van der Waals surface area contributed by atoms with Crippen molar-refractivity contribution in [3.63, 3.8) is 0 Å². The van der Waals surface area contributed by atoms with E-state index in [1.807, 2.05) is 0 Å². The smallest absolute Gasteiger partial charge is 0.165 e. The van der Waals surface area contributed by atoms with Gasteiger partial charge in [-0.05, 0) is 52.2 Å². The van der Waals surface area contributed by atoms with E-state index in [0.29, 0.717) is 0 Å². The third-order valence-corrected chi connectivity index (χ3v) is 12.0. The lowest BCUT2D eigenvalue weighted by molar-refractivity contribution is 1.08. The first-order chi connectivity index (χ1) is 27.8. The quantitative estimate of drug-likeness (QED) is 0.167. The van der Waals surface area contributed by atoms with E-state index < -0.39 is 0 Å². The highest BCUT2D eigenvalue weighted by molar-refractivity contribution is 6.24. The lowest BCUT2D eigenvalue weighted by Crippen LogP contribution is -2.04. The molecule has 9 aromatic carbocycles. The molecule has 4 nitrogen and oxygen atoms in total. The van der Waals surface area contributed by atoms with Gasteiger partial charge >= 0.3 is 0 Å². The highest BCUT2D eigenvalue weighted by Crippen LogP contribution is 2.49. The lowest BCUT2D eigenvalue weighted by atomic mass is 9.92. The molecule has 12 aromatic rings. The number of benzene rings is 9. The Morgan fingerprint density at radius 3 is 1.61 bits per heavy atom. The van der Waals surface area contributed by atoms with Gasteiger partial charge < -0.3 is 4.57 Å². The van der Waals surface area contributed by atoms with Crippen LogP contribution in [0.3, 0.4) is 0 Å². The molecule has 0 saturated carbocycles. The summed E-state index contributed by atoms with van der Waals surface area (Å²) in [7, 11) is 0. The lowest BCUT2D eigenvalue weighted by Gasteiger charge is -2.17. The van der Waals surface area contributed by atoms with Crippen molar-refractivity contribution < 1.29 is 0 Å². The van der Waals surface area contributed by atoms with Crippen LogP contribution in [0.1, 0.15) is 0 Å². The minimum atomic E-state index is 0.816. The minimum absolute atomic E-state index is 0.816. The van der Waals surface area contributed by atoms with Gasteiger partial charge in [-0.2, -0.15) is 0 Å². The van der Waals surface area contributed by atoms with Gasteiger partial charge in [0.1, 0.15) is 5.69 Å². The molecule has 0 fully saturated rings. The highest BCUT2D eigenvalue weighted by Gasteiger charge is 2.27. The molecule has 56 heavy (non-hydrogen) atoms. The molecule has 0 saturated heterocycles. The minimum Gasteiger partial charge on any atom is -0.308 e. The van der Waals surface area contributed by atoms with Crippen molar-refractivity contribution in [2.75, 3.05) is 0 Å². The number of aromatic nitrogens is 4. The largest absolute Gasteiger partial charge is 0.308 e. The summed E-state index contributed by atoms with van der Waals surface area (Å²) in [5, 5.41) is 9.46. The van der Waals surface area contributed by atoms with Crippen molar-refractivity contribution in [3.8, 4) is 45.0 Å². The fourth-order valence-electron chi connectivity index (χ4n) is 9.67. The van der Waals surface area contributed by atoms with Gasteiger partial charge in [0.05, 0.1) is 38.8 Å². The van der Waals surface area contributed by atoms with E-state index in [0.717, 1.165) is 49.9 Å². The molecule has 0 amide bonds. The highest BCUT2D eigenvalue weighted by atomic mass is 15.1. The average Bonchev–Trinajstić information content (AvgIpc) is 3.74. The molecule has 0 unspecified atom stereocenters. The number of hydrogen-bond acceptors (Lipinski definition) is 2. The molecule has 0 bridgehead atoms. The van der Waals surface area contributed by atoms with E-state index >= 15 is 0 Å². The molecule has 13 rings (SSSR count). The van der Waals surface area contributed by atoms with Gasteiger partial charge in [0.25, 0.3) is 0 Å². The predicted octanol–water partition coefficient (Wildman–Crippen LogP) is 13.4. The number of hydrogen-bond donors (Lipinski definition) is 0. The maximum absolute atomic E-state index is 5.73. The Morgan fingerprint density at radius 1 is 0.321 bits per heavy atom. The first-order valence-corrected chi connectivity index (χ1v) is 19.2. The Kier molecular flexibility index (Phi) is 5.86. The van der Waals surface area contributed by atoms with E-state index in [4.69, 9.17) is 9.97 Å². The molecule has 0 radical (unpaired) electrons. The van der Waals surface area contributed by atoms with E-state index in [1.54, 1.807) is 0 Å². The van der Waals surface area contributed by atoms with Crippen LogP contribution in [0.5, 0.6) is 0 Å². The van der Waals surface area contributed by atoms with Crippen molar-refractivity contribution in [1.82, 2.24) is 19.1 Å². The van der Waals surface area contributed by atoms with Gasteiger partial charge in [-0.15, -0.1) is 0 Å². The van der Waals surface area contributed by atoms with Gasteiger partial charge in [-0.1, -0.05) is 152 Å². The van der Waals surface area contributed by atoms with Crippen LogP contribution in [0.4, 0.5) is 0 Å². The molecule has 3 aromatic heterocycles. The van der Waals surface area contributed by atoms with Crippen LogP contribution in [0.2, 0.25) is 0 Å². The summed E-state index contributed by atoms with van der Waals surface area (Å²) in [6.07, 6.45) is 0. The summed E-state index contributed by atoms with van der Waals surface area (Å²) in [5.41, 5.74) is 14.4. The molecule has 0 N–H and O–H groups in total. The Labute approximate surface area is 321 Å². The van der Waals surface area contributed by atoms with Crippen molar-refractivity contribution in [3.05, 3.63) is 182 Å². The molecule has 4 heterocycles. The van der Waals surface area contributed by atoms with Crippen LogP contribution in [-0.4, -0.2) is 19.1 Å². The SMILES string of the molecule is c1ccc(-c2nc3c4ccccc4c4ccccc4c3nc2-n2c3ccccc3c3cc4c(cc32)-c2ccccc2-n2c3ccccc3c3cccc-4c32)cc1. The summed E-state index contributed by atoms with van der Waals surface area (Å²) < 4.78 is 4.84. The second kappa shape index (κ2) is 11.0.